The van der Waals surface area contributed by atoms with Gasteiger partial charge in [-0.15, -0.1) is 0 Å². The number of phosphoric ester groups is 1. The highest BCUT2D eigenvalue weighted by atomic mass is 31.2. The molecule has 1 fully saturated rings. The van der Waals surface area contributed by atoms with Crippen LogP contribution in [0.25, 0.3) is 11.1 Å². The summed E-state index contributed by atoms with van der Waals surface area (Å²) >= 11 is 0. The van der Waals surface area contributed by atoms with E-state index in [0.29, 0.717) is 5.75 Å². The van der Waals surface area contributed by atoms with Gasteiger partial charge in [0, 0.05) is 6.42 Å². The van der Waals surface area contributed by atoms with Crippen LogP contribution in [0.2, 0.25) is 0 Å². The van der Waals surface area contributed by atoms with Crippen molar-refractivity contribution in [2.45, 2.75) is 39.4 Å². The number of hydrogen-bond donors (Lipinski definition) is 0. The van der Waals surface area contributed by atoms with Crippen molar-refractivity contribution in [2.75, 3.05) is 19.8 Å². The van der Waals surface area contributed by atoms with Crippen LogP contribution in [0.15, 0.2) is 48.5 Å². The summed E-state index contributed by atoms with van der Waals surface area (Å²) in [4.78, 5) is 0. The fourth-order valence-corrected chi connectivity index (χ4v) is 4.12. The van der Waals surface area contributed by atoms with Gasteiger partial charge in [-0.05, 0) is 62.1 Å². The average Bonchev–Trinajstić information content (AvgIpc) is 2.70. The highest BCUT2D eigenvalue weighted by Gasteiger charge is 2.27. The van der Waals surface area contributed by atoms with Crippen LogP contribution in [0.5, 0.6) is 11.5 Å². The van der Waals surface area contributed by atoms with Crippen LogP contribution in [0.1, 0.15) is 33.1 Å². The Labute approximate surface area is 166 Å². The first-order valence-electron chi connectivity index (χ1n) is 9.69. The number of ether oxygens (including phenoxy) is 2. The van der Waals surface area contributed by atoms with Crippen LogP contribution in [-0.4, -0.2) is 26.1 Å². The molecule has 3 rings (SSSR count). The third kappa shape index (κ3) is 5.82. The standard InChI is InChI=1S/C21H27O6P/c1-3-24-28(22,25-4-2)27-20-14-10-18(11-15-20)17-8-12-19(13-9-17)26-21-7-5-6-16-23-21/h8-15,21H,3-7,16H2,1-2H3. The minimum atomic E-state index is -3.58. The Hall–Kier alpha value is -1.85. The van der Waals surface area contributed by atoms with Gasteiger partial charge in [-0.3, -0.25) is 9.05 Å². The van der Waals surface area contributed by atoms with Gasteiger partial charge in [0.15, 0.2) is 6.29 Å². The molecule has 1 unspecified atom stereocenters. The molecule has 2 aromatic rings. The van der Waals surface area contributed by atoms with E-state index in [1.807, 2.05) is 36.4 Å². The SMILES string of the molecule is CCOP(=O)(OCC)Oc1ccc(-c2ccc(OC3CCCCO3)cc2)cc1. The van der Waals surface area contributed by atoms with Gasteiger partial charge >= 0.3 is 7.82 Å². The molecule has 0 amide bonds. The smallest absolute Gasteiger partial charge is 0.465 e. The third-order valence-corrected chi connectivity index (χ3v) is 5.82. The second-order valence-corrected chi connectivity index (χ2v) is 7.93. The monoisotopic (exact) mass is 406 g/mol. The van der Waals surface area contributed by atoms with Gasteiger partial charge in [0.2, 0.25) is 0 Å². The Morgan fingerprint density at radius 3 is 1.96 bits per heavy atom. The molecular formula is C21H27O6P. The number of rotatable bonds is 9. The number of benzene rings is 2. The van der Waals surface area contributed by atoms with Crippen molar-refractivity contribution >= 4 is 7.82 Å². The average molecular weight is 406 g/mol. The molecule has 1 aliphatic rings. The maximum Gasteiger partial charge on any atom is 0.530 e. The summed E-state index contributed by atoms with van der Waals surface area (Å²) in [5, 5.41) is 0. The minimum absolute atomic E-state index is 0.151. The van der Waals surface area contributed by atoms with Crippen molar-refractivity contribution in [2.24, 2.45) is 0 Å². The van der Waals surface area contributed by atoms with E-state index in [1.54, 1.807) is 26.0 Å². The summed E-state index contributed by atoms with van der Waals surface area (Å²) in [5.41, 5.74) is 2.05. The molecule has 0 N–H and O–H groups in total. The summed E-state index contributed by atoms with van der Waals surface area (Å²) in [7, 11) is -3.58. The van der Waals surface area contributed by atoms with Crippen LogP contribution < -0.4 is 9.26 Å². The van der Waals surface area contributed by atoms with Crippen LogP contribution in [0.3, 0.4) is 0 Å². The van der Waals surface area contributed by atoms with Crippen LogP contribution in [0.4, 0.5) is 0 Å². The third-order valence-electron chi connectivity index (χ3n) is 4.24. The van der Waals surface area contributed by atoms with Crippen molar-refractivity contribution in [3.63, 3.8) is 0 Å². The lowest BCUT2D eigenvalue weighted by molar-refractivity contribution is -0.105. The fourth-order valence-electron chi connectivity index (χ4n) is 2.93. The quantitative estimate of drug-likeness (QED) is 0.489. The van der Waals surface area contributed by atoms with Gasteiger partial charge in [-0.2, -0.15) is 0 Å². The second kappa shape index (κ2) is 10.1. The van der Waals surface area contributed by atoms with E-state index in [4.69, 9.17) is 23.0 Å². The molecule has 2 aromatic carbocycles. The molecule has 0 radical (unpaired) electrons. The molecule has 0 saturated carbocycles. The topological polar surface area (TPSA) is 63.2 Å². The van der Waals surface area contributed by atoms with Gasteiger partial charge in [0.1, 0.15) is 11.5 Å². The maximum absolute atomic E-state index is 12.4. The Balaban J connectivity index is 1.63. The van der Waals surface area contributed by atoms with E-state index in [0.717, 1.165) is 42.7 Å². The van der Waals surface area contributed by atoms with Crippen molar-refractivity contribution in [1.82, 2.24) is 0 Å². The molecule has 7 heteroatoms. The largest absolute Gasteiger partial charge is 0.530 e. The van der Waals surface area contributed by atoms with Crippen molar-refractivity contribution in [3.8, 4) is 22.6 Å². The van der Waals surface area contributed by atoms with Crippen molar-refractivity contribution in [3.05, 3.63) is 48.5 Å². The molecule has 1 heterocycles. The molecule has 0 spiro atoms. The second-order valence-electron chi connectivity index (χ2n) is 6.34. The lowest BCUT2D eigenvalue weighted by Gasteiger charge is -2.23. The molecule has 1 aliphatic heterocycles. The number of hydrogen-bond acceptors (Lipinski definition) is 6. The van der Waals surface area contributed by atoms with Crippen molar-refractivity contribution in [1.29, 1.82) is 0 Å². The Kier molecular flexibility index (Phi) is 7.51. The normalized spacial score (nSPS) is 17.3. The molecule has 28 heavy (non-hydrogen) atoms. The molecule has 6 nitrogen and oxygen atoms in total. The summed E-state index contributed by atoms with van der Waals surface area (Å²) < 4.78 is 39.7. The Bertz CT molecular complexity index is 758. The summed E-state index contributed by atoms with van der Waals surface area (Å²) in [6.07, 6.45) is 3.01. The maximum atomic E-state index is 12.4. The van der Waals surface area contributed by atoms with E-state index in [2.05, 4.69) is 0 Å². The molecule has 152 valence electrons. The Morgan fingerprint density at radius 1 is 0.893 bits per heavy atom. The molecule has 1 atom stereocenters. The van der Waals surface area contributed by atoms with E-state index in [-0.39, 0.29) is 19.5 Å². The first-order valence-corrected chi connectivity index (χ1v) is 11.2. The zero-order valence-electron chi connectivity index (χ0n) is 16.3. The zero-order valence-corrected chi connectivity index (χ0v) is 17.2. The van der Waals surface area contributed by atoms with Crippen LogP contribution in [0, 0.1) is 0 Å². The van der Waals surface area contributed by atoms with Gasteiger partial charge in [-0.25, -0.2) is 4.57 Å². The van der Waals surface area contributed by atoms with E-state index < -0.39 is 7.82 Å². The predicted octanol–water partition coefficient (Wildman–Crippen LogP) is 5.82. The van der Waals surface area contributed by atoms with Gasteiger partial charge < -0.3 is 14.0 Å². The lowest BCUT2D eigenvalue weighted by atomic mass is 10.1. The Morgan fingerprint density at radius 2 is 1.46 bits per heavy atom. The van der Waals surface area contributed by atoms with E-state index in [9.17, 15) is 4.57 Å². The minimum Gasteiger partial charge on any atom is -0.465 e. The zero-order chi connectivity index (χ0) is 19.8. The van der Waals surface area contributed by atoms with Crippen LogP contribution in [-0.2, 0) is 18.3 Å². The predicted molar refractivity (Wildman–Crippen MR) is 108 cm³/mol. The highest BCUT2D eigenvalue weighted by Crippen LogP contribution is 2.49. The van der Waals surface area contributed by atoms with Crippen LogP contribution >= 0.6 is 7.82 Å². The molecule has 0 bridgehead atoms. The van der Waals surface area contributed by atoms with Crippen molar-refractivity contribution < 1.29 is 27.6 Å². The highest BCUT2D eigenvalue weighted by molar-refractivity contribution is 7.48. The summed E-state index contributed by atoms with van der Waals surface area (Å²) in [6.45, 7) is 4.74. The molecule has 0 aromatic heterocycles. The number of phosphoric acid groups is 1. The van der Waals surface area contributed by atoms with Gasteiger partial charge in [-0.1, -0.05) is 24.3 Å². The lowest BCUT2D eigenvalue weighted by Crippen LogP contribution is -2.24. The first-order chi connectivity index (χ1) is 13.6. The fraction of sp³-hybridized carbons (Fsp3) is 0.429. The molecule has 1 saturated heterocycles. The molecular weight excluding hydrogens is 379 g/mol. The first kappa shape index (κ1) is 20.9. The summed E-state index contributed by atoms with van der Waals surface area (Å²) in [6, 6.07) is 15.2. The van der Waals surface area contributed by atoms with E-state index >= 15 is 0 Å². The molecule has 0 aliphatic carbocycles. The van der Waals surface area contributed by atoms with Gasteiger partial charge in [0.25, 0.3) is 0 Å². The van der Waals surface area contributed by atoms with Gasteiger partial charge in [0.05, 0.1) is 19.8 Å². The van der Waals surface area contributed by atoms with E-state index in [1.165, 1.54) is 0 Å². The summed E-state index contributed by atoms with van der Waals surface area (Å²) in [5.74, 6) is 1.23.